The Morgan fingerprint density at radius 1 is 1.02 bits per heavy atom. The summed E-state index contributed by atoms with van der Waals surface area (Å²) in [5.41, 5.74) is 1.04. The van der Waals surface area contributed by atoms with Crippen molar-refractivity contribution in [2.45, 2.75) is 0 Å². The highest BCUT2D eigenvalue weighted by molar-refractivity contribution is 5.92. The normalized spacial score (nSPS) is 11.0. The molecule has 11 heteroatoms. The zero-order valence-corrected chi connectivity index (χ0v) is 20.7. The predicted octanol–water partition coefficient (Wildman–Crippen LogP) is 5.01. The predicted molar refractivity (Wildman–Crippen MR) is 148 cm³/mol. The van der Waals surface area contributed by atoms with Crippen molar-refractivity contribution in [1.29, 1.82) is 0 Å². The van der Waals surface area contributed by atoms with Crippen LogP contribution in [0.2, 0.25) is 0 Å². The summed E-state index contributed by atoms with van der Waals surface area (Å²) in [4.78, 5) is 41.2. The summed E-state index contributed by atoms with van der Waals surface area (Å²) in [6, 6.07) is 25.1. The van der Waals surface area contributed by atoms with Gasteiger partial charge in [0.05, 0.1) is 22.0 Å². The summed E-state index contributed by atoms with van der Waals surface area (Å²) in [7, 11) is 0. The van der Waals surface area contributed by atoms with Crippen LogP contribution in [-0.4, -0.2) is 33.3 Å². The number of hydrogen-bond acceptors (Lipinski definition) is 7. The lowest BCUT2D eigenvalue weighted by molar-refractivity contribution is -0.385. The number of benzene rings is 4. The van der Waals surface area contributed by atoms with Crippen LogP contribution < -0.4 is 15.6 Å². The maximum atomic E-state index is 13.3. The lowest BCUT2D eigenvalue weighted by atomic mass is 10.2. The number of fused-ring (bicyclic) bond motifs is 1. The van der Waals surface area contributed by atoms with Crippen molar-refractivity contribution in [3.05, 3.63) is 129 Å². The van der Waals surface area contributed by atoms with E-state index in [1.807, 2.05) is 18.2 Å². The molecule has 0 aliphatic heterocycles. The minimum atomic E-state index is -0.649. The number of nitro benzene ring substituents is 1. The molecule has 0 fully saturated rings. The number of nitrogens with zero attached hydrogens (tertiary/aromatic N) is 4. The summed E-state index contributed by atoms with van der Waals surface area (Å²) in [6.07, 6.45) is 1.31. The Morgan fingerprint density at radius 3 is 2.50 bits per heavy atom. The lowest BCUT2D eigenvalue weighted by Crippen LogP contribution is -2.20. The third kappa shape index (κ3) is 5.73. The monoisotopic (exact) mass is 537 g/mol. The number of ether oxygens (including phenoxy) is 1. The topological polar surface area (TPSA) is 129 Å². The SMILES string of the molecule is O=C(COc1ccc(C=Nn2c(-c3ccccc3)nc3ccccc3c2=O)cc1[N+](=O)[O-])Nc1ccc(F)cc1. The molecule has 0 spiro atoms. The van der Waals surface area contributed by atoms with Gasteiger partial charge in [-0.05, 0) is 48.5 Å². The van der Waals surface area contributed by atoms with E-state index in [0.717, 1.165) is 4.68 Å². The molecule has 4 aromatic carbocycles. The summed E-state index contributed by atoms with van der Waals surface area (Å²) in [5, 5.41) is 18.9. The molecule has 0 aliphatic rings. The second-order valence-electron chi connectivity index (χ2n) is 8.51. The third-order valence-electron chi connectivity index (χ3n) is 5.77. The maximum Gasteiger partial charge on any atom is 0.311 e. The van der Waals surface area contributed by atoms with Crippen molar-refractivity contribution in [2.24, 2.45) is 5.10 Å². The molecule has 0 unspecified atom stereocenters. The van der Waals surface area contributed by atoms with E-state index in [9.17, 15) is 24.1 Å². The van der Waals surface area contributed by atoms with Gasteiger partial charge in [0.1, 0.15) is 5.82 Å². The molecule has 1 aromatic heterocycles. The molecule has 40 heavy (non-hydrogen) atoms. The molecular formula is C29H20FN5O5. The Balaban J connectivity index is 1.41. The van der Waals surface area contributed by atoms with Crippen molar-refractivity contribution in [3.63, 3.8) is 0 Å². The lowest BCUT2D eigenvalue weighted by Gasteiger charge is -2.10. The van der Waals surface area contributed by atoms with Gasteiger partial charge in [-0.3, -0.25) is 19.7 Å². The number of rotatable bonds is 8. The van der Waals surface area contributed by atoms with Crippen molar-refractivity contribution in [1.82, 2.24) is 9.66 Å². The Bertz CT molecular complexity index is 1800. The van der Waals surface area contributed by atoms with Crippen LogP contribution in [0.5, 0.6) is 5.75 Å². The van der Waals surface area contributed by atoms with Gasteiger partial charge in [0, 0.05) is 22.9 Å². The molecule has 0 bridgehead atoms. The quantitative estimate of drug-likeness (QED) is 0.168. The van der Waals surface area contributed by atoms with Gasteiger partial charge in [-0.15, -0.1) is 0 Å². The van der Waals surface area contributed by atoms with E-state index in [4.69, 9.17) is 4.74 Å². The zero-order valence-electron chi connectivity index (χ0n) is 20.7. The van der Waals surface area contributed by atoms with Gasteiger partial charge in [-0.25, -0.2) is 9.37 Å². The fraction of sp³-hybridized carbons (Fsp3) is 0.0345. The van der Waals surface area contributed by atoms with Crippen molar-refractivity contribution in [2.75, 3.05) is 11.9 Å². The van der Waals surface area contributed by atoms with Crippen molar-refractivity contribution < 1.29 is 18.8 Å². The number of nitrogens with one attached hydrogen (secondary N) is 1. The van der Waals surface area contributed by atoms with E-state index < -0.39 is 34.5 Å². The van der Waals surface area contributed by atoms with Crippen LogP contribution in [0.3, 0.4) is 0 Å². The summed E-state index contributed by atoms with van der Waals surface area (Å²) in [6.45, 7) is -0.510. The van der Waals surface area contributed by atoms with Crippen LogP contribution in [0.1, 0.15) is 5.56 Å². The van der Waals surface area contributed by atoms with E-state index in [1.165, 1.54) is 48.7 Å². The van der Waals surface area contributed by atoms with Crippen LogP contribution >= 0.6 is 0 Å². The number of para-hydroxylation sites is 1. The van der Waals surface area contributed by atoms with E-state index in [1.54, 1.807) is 36.4 Å². The number of hydrogen-bond donors (Lipinski definition) is 1. The molecular weight excluding hydrogens is 517 g/mol. The number of carbonyl (C=O) groups is 1. The fourth-order valence-corrected chi connectivity index (χ4v) is 3.88. The fourth-order valence-electron chi connectivity index (χ4n) is 3.88. The third-order valence-corrected chi connectivity index (χ3v) is 5.77. The van der Waals surface area contributed by atoms with Gasteiger partial charge in [0.2, 0.25) is 0 Å². The van der Waals surface area contributed by atoms with Crippen LogP contribution in [0.15, 0.2) is 107 Å². The Hall–Kier alpha value is -5.71. The van der Waals surface area contributed by atoms with E-state index in [-0.39, 0.29) is 5.75 Å². The number of nitro groups is 1. The molecule has 1 N–H and O–H groups in total. The maximum absolute atomic E-state index is 13.3. The molecule has 0 saturated heterocycles. The first kappa shape index (κ1) is 25.9. The molecule has 1 heterocycles. The molecule has 10 nitrogen and oxygen atoms in total. The first-order valence-electron chi connectivity index (χ1n) is 12.0. The molecule has 0 radical (unpaired) electrons. The highest BCUT2D eigenvalue weighted by atomic mass is 19.1. The van der Waals surface area contributed by atoms with Crippen LogP contribution in [-0.2, 0) is 4.79 Å². The van der Waals surface area contributed by atoms with Crippen molar-refractivity contribution >= 4 is 34.4 Å². The van der Waals surface area contributed by atoms with Gasteiger partial charge < -0.3 is 10.1 Å². The first-order chi connectivity index (χ1) is 19.4. The summed E-state index contributed by atoms with van der Waals surface area (Å²) < 4.78 is 19.6. The largest absolute Gasteiger partial charge is 0.477 e. The Morgan fingerprint density at radius 2 is 1.75 bits per heavy atom. The smallest absolute Gasteiger partial charge is 0.311 e. The number of halogens is 1. The van der Waals surface area contributed by atoms with Crippen molar-refractivity contribution in [3.8, 4) is 17.1 Å². The highest BCUT2D eigenvalue weighted by Crippen LogP contribution is 2.28. The van der Waals surface area contributed by atoms with E-state index in [2.05, 4.69) is 15.4 Å². The number of aromatic nitrogens is 2. The molecule has 5 rings (SSSR count). The molecule has 5 aromatic rings. The van der Waals surface area contributed by atoms with Crippen LogP contribution in [0, 0.1) is 15.9 Å². The molecule has 0 saturated carbocycles. The highest BCUT2D eigenvalue weighted by Gasteiger charge is 2.18. The Kier molecular flexibility index (Phi) is 7.36. The molecule has 0 atom stereocenters. The van der Waals surface area contributed by atoms with E-state index in [0.29, 0.717) is 33.5 Å². The first-order valence-corrected chi connectivity index (χ1v) is 12.0. The number of carbonyl (C=O) groups excluding carboxylic acids is 1. The second kappa shape index (κ2) is 11.4. The second-order valence-corrected chi connectivity index (χ2v) is 8.51. The average Bonchev–Trinajstić information content (AvgIpc) is 2.97. The van der Waals surface area contributed by atoms with Gasteiger partial charge >= 0.3 is 5.69 Å². The molecule has 1 amide bonds. The van der Waals surface area contributed by atoms with Crippen LogP contribution in [0.4, 0.5) is 15.8 Å². The number of amides is 1. The van der Waals surface area contributed by atoms with Gasteiger partial charge in [0.15, 0.2) is 18.2 Å². The van der Waals surface area contributed by atoms with Gasteiger partial charge in [-0.1, -0.05) is 42.5 Å². The van der Waals surface area contributed by atoms with Gasteiger partial charge in [-0.2, -0.15) is 9.78 Å². The zero-order chi connectivity index (χ0) is 28.1. The minimum Gasteiger partial charge on any atom is -0.477 e. The van der Waals surface area contributed by atoms with Crippen LogP contribution in [0.25, 0.3) is 22.3 Å². The number of anilines is 1. The van der Waals surface area contributed by atoms with E-state index >= 15 is 0 Å². The summed E-state index contributed by atoms with van der Waals surface area (Å²) >= 11 is 0. The summed E-state index contributed by atoms with van der Waals surface area (Å²) in [5.74, 6) is -0.859. The standard InChI is InChI=1S/C29H20FN5O5/c30-21-11-13-22(14-12-21)32-27(36)18-40-26-15-10-19(16-25(26)35(38)39)17-31-34-28(20-6-2-1-3-7-20)33-24-9-5-4-8-23(24)29(34)37/h1-17H,18H2,(H,32,36). The molecule has 198 valence electrons. The Labute approximate surface area is 226 Å². The van der Waals surface area contributed by atoms with Gasteiger partial charge in [0.25, 0.3) is 11.5 Å². The minimum absolute atomic E-state index is 0.133. The molecule has 0 aliphatic carbocycles. The average molecular weight is 538 g/mol.